The molecule has 1 aliphatic rings. The Morgan fingerprint density at radius 2 is 1.93 bits per heavy atom. The van der Waals surface area contributed by atoms with Crippen molar-refractivity contribution < 1.29 is 14.4 Å². The van der Waals surface area contributed by atoms with E-state index < -0.39 is 6.04 Å². The summed E-state index contributed by atoms with van der Waals surface area (Å²) in [5.74, 6) is -0.513. The van der Waals surface area contributed by atoms with Gasteiger partial charge in [-0.3, -0.25) is 14.4 Å². The van der Waals surface area contributed by atoms with Gasteiger partial charge in [-0.2, -0.15) is 0 Å². The number of nitrogens with zero attached hydrogens (tertiary/aromatic N) is 1. The number of amides is 3. The van der Waals surface area contributed by atoms with E-state index in [9.17, 15) is 14.4 Å². The number of aryl methyl sites for hydroxylation is 1. The molecule has 0 radical (unpaired) electrons. The first-order chi connectivity index (χ1) is 13.5. The van der Waals surface area contributed by atoms with Crippen molar-refractivity contribution in [2.24, 2.45) is 0 Å². The molecule has 2 aromatic rings. The van der Waals surface area contributed by atoms with Crippen LogP contribution < -0.4 is 10.6 Å². The van der Waals surface area contributed by atoms with E-state index in [4.69, 9.17) is 0 Å². The van der Waals surface area contributed by atoms with Crippen LogP contribution in [0.4, 0.5) is 11.4 Å². The molecule has 3 amide bonds. The van der Waals surface area contributed by atoms with Gasteiger partial charge in [0.25, 0.3) is 0 Å². The number of rotatable bonds is 5. The summed E-state index contributed by atoms with van der Waals surface area (Å²) in [5.41, 5.74) is 3.34. The van der Waals surface area contributed by atoms with E-state index in [1.807, 2.05) is 36.4 Å². The fourth-order valence-electron chi connectivity index (χ4n) is 3.13. The van der Waals surface area contributed by atoms with Gasteiger partial charge in [0.1, 0.15) is 6.04 Å². The van der Waals surface area contributed by atoms with Gasteiger partial charge in [-0.1, -0.05) is 36.9 Å². The molecule has 1 aliphatic heterocycles. The Balaban J connectivity index is 1.64. The van der Waals surface area contributed by atoms with Crippen molar-refractivity contribution in [3.63, 3.8) is 0 Å². The summed E-state index contributed by atoms with van der Waals surface area (Å²) in [6.45, 7) is 5.57. The molecule has 0 aliphatic carbocycles. The predicted molar refractivity (Wildman–Crippen MR) is 109 cm³/mol. The zero-order chi connectivity index (χ0) is 20.1. The van der Waals surface area contributed by atoms with Gasteiger partial charge in [0.15, 0.2) is 0 Å². The van der Waals surface area contributed by atoms with Gasteiger partial charge >= 0.3 is 0 Å². The Hall–Kier alpha value is -3.41. The van der Waals surface area contributed by atoms with Crippen LogP contribution in [0.25, 0.3) is 0 Å². The van der Waals surface area contributed by atoms with E-state index in [2.05, 4.69) is 17.2 Å². The van der Waals surface area contributed by atoms with E-state index in [0.29, 0.717) is 25.1 Å². The molecule has 144 valence electrons. The van der Waals surface area contributed by atoms with Gasteiger partial charge in [-0.15, -0.1) is 0 Å². The quantitative estimate of drug-likeness (QED) is 0.786. The van der Waals surface area contributed by atoms with Crippen molar-refractivity contribution in [3.05, 3.63) is 72.3 Å². The number of nitrogens with one attached hydrogen (secondary N) is 2. The SMILES string of the molecule is C=CC(=O)Nc1ccc(CCC(=O)N2Cc3ccccc3NC(=O)C2C)cc1. The molecule has 0 fully saturated rings. The number of anilines is 2. The lowest BCUT2D eigenvalue weighted by atomic mass is 10.1. The third kappa shape index (κ3) is 4.46. The average molecular weight is 377 g/mol. The topological polar surface area (TPSA) is 78.5 Å². The van der Waals surface area contributed by atoms with Crippen molar-refractivity contribution in [1.82, 2.24) is 4.90 Å². The first kappa shape index (κ1) is 19.4. The van der Waals surface area contributed by atoms with Crippen molar-refractivity contribution in [3.8, 4) is 0 Å². The molecule has 0 saturated carbocycles. The molecule has 3 rings (SSSR count). The van der Waals surface area contributed by atoms with E-state index in [-0.39, 0.29) is 17.7 Å². The van der Waals surface area contributed by atoms with Crippen LogP contribution in [0.15, 0.2) is 61.2 Å². The molecule has 28 heavy (non-hydrogen) atoms. The molecule has 0 bridgehead atoms. The van der Waals surface area contributed by atoms with Crippen molar-refractivity contribution >= 4 is 29.1 Å². The number of hydrogen-bond acceptors (Lipinski definition) is 3. The third-order valence-corrected chi connectivity index (χ3v) is 4.82. The monoisotopic (exact) mass is 377 g/mol. The van der Waals surface area contributed by atoms with Gasteiger partial charge in [0, 0.05) is 24.3 Å². The van der Waals surface area contributed by atoms with Crippen LogP contribution in [-0.4, -0.2) is 28.7 Å². The molecule has 2 aromatic carbocycles. The Labute approximate surface area is 164 Å². The minimum Gasteiger partial charge on any atom is -0.327 e. The summed E-state index contributed by atoms with van der Waals surface area (Å²) in [6, 6.07) is 14.3. The van der Waals surface area contributed by atoms with Gasteiger partial charge < -0.3 is 15.5 Å². The van der Waals surface area contributed by atoms with Crippen LogP contribution in [0.3, 0.4) is 0 Å². The molecule has 2 N–H and O–H groups in total. The Morgan fingerprint density at radius 1 is 1.21 bits per heavy atom. The normalized spacial score (nSPS) is 15.8. The van der Waals surface area contributed by atoms with Crippen molar-refractivity contribution in [2.75, 3.05) is 10.6 Å². The van der Waals surface area contributed by atoms with Crippen LogP contribution in [0.5, 0.6) is 0 Å². The summed E-state index contributed by atoms with van der Waals surface area (Å²) >= 11 is 0. The number of carbonyl (C=O) groups is 3. The first-order valence-electron chi connectivity index (χ1n) is 9.18. The fourth-order valence-corrected chi connectivity index (χ4v) is 3.13. The van der Waals surface area contributed by atoms with Crippen LogP contribution in [0.1, 0.15) is 24.5 Å². The van der Waals surface area contributed by atoms with Gasteiger partial charge in [0.05, 0.1) is 0 Å². The molecule has 1 heterocycles. The van der Waals surface area contributed by atoms with Crippen molar-refractivity contribution in [1.29, 1.82) is 0 Å². The number of carbonyl (C=O) groups excluding carboxylic acids is 3. The van der Waals surface area contributed by atoms with Crippen LogP contribution in [0, 0.1) is 0 Å². The highest BCUT2D eigenvalue weighted by Crippen LogP contribution is 2.23. The standard InChI is InChI=1S/C22H23N3O3/c1-3-20(26)23-18-11-8-16(9-12-18)10-13-21(27)25-14-17-6-4-5-7-19(17)24-22(28)15(25)2/h3-9,11-12,15H,1,10,13-14H2,2H3,(H,23,26)(H,24,28). The van der Waals surface area contributed by atoms with Gasteiger partial charge in [-0.05, 0) is 48.7 Å². The zero-order valence-electron chi connectivity index (χ0n) is 15.8. The highest BCUT2D eigenvalue weighted by molar-refractivity contribution is 5.99. The maximum atomic E-state index is 12.8. The molecular formula is C22H23N3O3. The van der Waals surface area contributed by atoms with Crippen LogP contribution in [0.2, 0.25) is 0 Å². The summed E-state index contributed by atoms with van der Waals surface area (Å²) < 4.78 is 0. The molecule has 6 heteroatoms. The Bertz CT molecular complexity index is 905. The maximum Gasteiger partial charge on any atom is 0.247 e. The number of para-hydroxylation sites is 1. The Morgan fingerprint density at radius 3 is 2.64 bits per heavy atom. The van der Waals surface area contributed by atoms with Crippen LogP contribution in [-0.2, 0) is 27.3 Å². The minimum atomic E-state index is -0.531. The zero-order valence-corrected chi connectivity index (χ0v) is 15.8. The second-order valence-corrected chi connectivity index (χ2v) is 6.73. The lowest BCUT2D eigenvalue weighted by Gasteiger charge is -2.26. The summed E-state index contributed by atoms with van der Waals surface area (Å²) in [6.07, 6.45) is 2.07. The molecule has 0 aromatic heterocycles. The summed E-state index contributed by atoms with van der Waals surface area (Å²) in [7, 11) is 0. The first-order valence-corrected chi connectivity index (χ1v) is 9.18. The van der Waals surface area contributed by atoms with E-state index in [1.165, 1.54) is 6.08 Å². The summed E-state index contributed by atoms with van der Waals surface area (Å²) in [4.78, 5) is 38.1. The lowest BCUT2D eigenvalue weighted by molar-refractivity contribution is -0.138. The maximum absolute atomic E-state index is 12.8. The van der Waals surface area contributed by atoms with Gasteiger partial charge in [0.2, 0.25) is 17.7 Å². The molecular weight excluding hydrogens is 354 g/mol. The predicted octanol–water partition coefficient (Wildman–Crippen LogP) is 3.11. The molecule has 1 atom stereocenters. The third-order valence-electron chi connectivity index (χ3n) is 4.82. The smallest absolute Gasteiger partial charge is 0.247 e. The largest absolute Gasteiger partial charge is 0.327 e. The highest BCUT2D eigenvalue weighted by atomic mass is 16.2. The molecule has 6 nitrogen and oxygen atoms in total. The Kier molecular flexibility index (Phi) is 5.89. The fraction of sp³-hybridized carbons (Fsp3) is 0.227. The number of benzene rings is 2. The minimum absolute atomic E-state index is 0.0663. The molecule has 0 saturated heterocycles. The number of hydrogen-bond donors (Lipinski definition) is 2. The van der Waals surface area contributed by atoms with Crippen LogP contribution >= 0.6 is 0 Å². The number of fused-ring (bicyclic) bond motifs is 1. The second-order valence-electron chi connectivity index (χ2n) is 6.73. The van der Waals surface area contributed by atoms with E-state index >= 15 is 0 Å². The molecule has 1 unspecified atom stereocenters. The summed E-state index contributed by atoms with van der Waals surface area (Å²) in [5, 5.41) is 5.57. The van der Waals surface area contributed by atoms with Gasteiger partial charge in [-0.25, -0.2) is 0 Å². The van der Waals surface area contributed by atoms with E-state index in [1.54, 1.807) is 24.0 Å². The van der Waals surface area contributed by atoms with E-state index in [0.717, 1.165) is 16.8 Å². The second kappa shape index (κ2) is 8.52. The molecule has 0 spiro atoms. The van der Waals surface area contributed by atoms with Crippen molar-refractivity contribution in [2.45, 2.75) is 32.4 Å². The lowest BCUT2D eigenvalue weighted by Crippen LogP contribution is -2.43. The highest BCUT2D eigenvalue weighted by Gasteiger charge is 2.29. The average Bonchev–Trinajstić information content (AvgIpc) is 2.83.